The molecule has 11 heteroatoms. The van der Waals surface area contributed by atoms with Gasteiger partial charge in [0.05, 0.1) is 0 Å². The molecule has 4 N–H and O–H groups in total. The molecule has 0 fully saturated rings. The minimum Gasteiger partial charge on any atom is -1.00 e. The van der Waals surface area contributed by atoms with Crippen LogP contribution in [0.4, 0.5) is 0 Å². The molecular weight excluding hydrogens is 273 g/mol. The Bertz CT molecular complexity index is 154. The van der Waals surface area contributed by atoms with Gasteiger partial charge in [0.1, 0.15) is 7.26 Å². The minimum atomic E-state index is -5.39. The van der Waals surface area contributed by atoms with Crippen LogP contribution in [0.25, 0.3) is 0 Å². The Morgan fingerprint density at radius 1 is 0.867 bits per heavy atom. The van der Waals surface area contributed by atoms with E-state index < -0.39 is 15.1 Å². The van der Waals surface area contributed by atoms with E-state index in [2.05, 4.69) is 0 Å². The second-order valence-electron chi connectivity index (χ2n) is 2.35. The molecule has 0 heterocycles. The van der Waals surface area contributed by atoms with Gasteiger partial charge in [0.2, 0.25) is 0 Å². The number of hydrogen-bond donors (Lipinski definition) is 4. The molecule has 0 saturated carbocycles. The highest BCUT2D eigenvalue weighted by molar-refractivity contribution is 7.75. The summed E-state index contributed by atoms with van der Waals surface area (Å²) in [6.07, 6.45) is -1.18. The summed E-state index contributed by atoms with van der Waals surface area (Å²) in [5.41, 5.74) is 0. The highest BCUT2D eigenvalue weighted by Gasteiger charge is 2.34. The van der Waals surface area contributed by atoms with Crippen LogP contribution in [-0.2, 0) is 4.57 Å². The molecular formula is C4H12ClO8P2-3. The maximum Gasteiger partial charge on any atom is 0.161 e. The van der Waals surface area contributed by atoms with Gasteiger partial charge >= 0.3 is 0 Å². The predicted octanol–water partition coefficient (Wildman–Crippen LogP) is -7.02. The SMILES string of the molecule is O=P([O-])([O-])[O-].OC[P+](CO)(CO)CO.[Cl-]. The van der Waals surface area contributed by atoms with Crippen LogP contribution < -0.4 is 27.1 Å². The summed E-state index contributed by atoms with van der Waals surface area (Å²) >= 11 is 0. The van der Waals surface area contributed by atoms with E-state index in [4.69, 9.17) is 39.7 Å². The third-order valence-corrected chi connectivity index (χ3v) is 3.60. The summed E-state index contributed by atoms with van der Waals surface area (Å²) in [7, 11) is -7.59. The zero-order chi connectivity index (χ0) is 11.8. The zero-order valence-electron chi connectivity index (χ0n) is 7.52. The summed E-state index contributed by atoms with van der Waals surface area (Å²) in [6, 6.07) is 0. The second-order valence-corrected chi connectivity index (χ2v) is 7.06. The number of aliphatic hydroxyl groups excluding tert-OH is 4. The molecule has 0 saturated heterocycles. The van der Waals surface area contributed by atoms with E-state index in [1.165, 1.54) is 0 Å². The first-order valence-corrected chi connectivity index (χ1v) is 7.25. The largest absolute Gasteiger partial charge is 1.00 e. The summed E-state index contributed by atoms with van der Waals surface area (Å²) in [6.45, 7) is 0. The highest BCUT2D eigenvalue weighted by Crippen LogP contribution is 2.54. The lowest BCUT2D eigenvalue weighted by Crippen LogP contribution is -3.00. The van der Waals surface area contributed by atoms with E-state index >= 15 is 0 Å². The van der Waals surface area contributed by atoms with Crippen molar-refractivity contribution >= 4 is 15.1 Å². The number of phosphoric acid groups is 1. The van der Waals surface area contributed by atoms with Crippen LogP contribution in [0.3, 0.4) is 0 Å². The average Bonchev–Trinajstić information content (AvgIpc) is 2.07. The Morgan fingerprint density at radius 3 is 1.00 bits per heavy atom. The van der Waals surface area contributed by atoms with Gasteiger partial charge in [-0.05, 0) is 0 Å². The Morgan fingerprint density at radius 2 is 1.00 bits per heavy atom. The third-order valence-electron chi connectivity index (χ3n) is 1.20. The van der Waals surface area contributed by atoms with Crippen LogP contribution >= 0.6 is 15.1 Å². The van der Waals surface area contributed by atoms with Gasteiger partial charge in [0.25, 0.3) is 0 Å². The normalized spacial score (nSPS) is 11.1. The maximum atomic E-state index is 8.55. The molecule has 0 aromatic heterocycles. The fourth-order valence-corrected chi connectivity index (χ4v) is 0.805. The monoisotopic (exact) mass is 285 g/mol. The molecule has 0 amide bonds. The molecule has 0 aliphatic heterocycles. The summed E-state index contributed by atoms with van der Waals surface area (Å²) in [5, 5.41) is 34.2. The lowest BCUT2D eigenvalue weighted by Gasteiger charge is -2.36. The first-order valence-electron chi connectivity index (χ1n) is 3.26. The van der Waals surface area contributed by atoms with Gasteiger partial charge in [0.15, 0.2) is 25.4 Å². The Balaban J connectivity index is -0.000000208. The second kappa shape index (κ2) is 9.86. The summed E-state index contributed by atoms with van der Waals surface area (Å²) in [4.78, 5) is 25.6. The Hall–Kier alpha value is 0.670. The summed E-state index contributed by atoms with van der Waals surface area (Å²) in [5.74, 6) is 0. The number of hydrogen-bond acceptors (Lipinski definition) is 8. The van der Waals surface area contributed by atoms with Crippen molar-refractivity contribution in [3.05, 3.63) is 0 Å². The van der Waals surface area contributed by atoms with Gasteiger partial charge in [-0.25, -0.2) is 0 Å². The molecule has 0 aromatic rings. The number of aliphatic hydroxyl groups is 4. The van der Waals surface area contributed by atoms with Crippen molar-refractivity contribution in [2.75, 3.05) is 25.4 Å². The third kappa shape index (κ3) is 14.7. The molecule has 0 unspecified atom stereocenters. The molecule has 0 bridgehead atoms. The molecule has 0 atom stereocenters. The van der Waals surface area contributed by atoms with E-state index in [0.717, 1.165) is 0 Å². The van der Waals surface area contributed by atoms with Crippen molar-refractivity contribution in [2.24, 2.45) is 0 Å². The van der Waals surface area contributed by atoms with E-state index in [1.807, 2.05) is 0 Å². The van der Waals surface area contributed by atoms with Gasteiger partial charge in [-0.15, -0.1) is 0 Å². The van der Waals surface area contributed by atoms with Crippen molar-refractivity contribution in [2.45, 2.75) is 0 Å². The Labute approximate surface area is 93.2 Å². The highest BCUT2D eigenvalue weighted by atomic mass is 35.5. The molecule has 96 valence electrons. The van der Waals surface area contributed by atoms with Crippen molar-refractivity contribution in [3.63, 3.8) is 0 Å². The van der Waals surface area contributed by atoms with Gasteiger partial charge < -0.3 is 52.1 Å². The van der Waals surface area contributed by atoms with Gasteiger partial charge in [0, 0.05) is 0 Å². The van der Waals surface area contributed by atoms with Crippen molar-refractivity contribution in [1.29, 1.82) is 0 Å². The van der Waals surface area contributed by atoms with E-state index in [-0.39, 0.29) is 37.8 Å². The van der Waals surface area contributed by atoms with Crippen molar-refractivity contribution in [3.8, 4) is 0 Å². The van der Waals surface area contributed by atoms with E-state index in [1.54, 1.807) is 0 Å². The molecule has 15 heavy (non-hydrogen) atoms. The average molecular weight is 286 g/mol. The van der Waals surface area contributed by atoms with Crippen LogP contribution in [0.15, 0.2) is 0 Å². The Kier molecular flexibility index (Phi) is 13.8. The van der Waals surface area contributed by atoms with Gasteiger partial charge in [-0.2, -0.15) is 7.82 Å². The van der Waals surface area contributed by atoms with Crippen molar-refractivity contribution < 1.29 is 52.1 Å². The molecule has 0 radical (unpaired) electrons. The standard InChI is InChI=1S/C4H12O4P.ClH.H3O4P/c5-1-9(2-6,3-7)4-8;;1-5(2,3)4/h5-8H,1-4H2;1H;(H3,1,2,3,4)/q+1;;/p-4. The van der Waals surface area contributed by atoms with Crippen molar-refractivity contribution in [1.82, 2.24) is 0 Å². The zero-order valence-corrected chi connectivity index (χ0v) is 10.1. The van der Waals surface area contributed by atoms with Gasteiger partial charge in [-0.1, -0.05) is 0 Å². The first kappa shape index (κ1) is 21.0. The molecule has 0 spiro atoms. The fourth-order valence-electron chi connectivity index (χ4n) is 0.268. The molecule has 0 aromatic carbocycles. The number of halogens is 1. The van der Waals surface area contributed by atoms with Crippen LogP contribution in [-0.4, -0.2) is 45.8 Å². The molecule has 0 aliphatic carbocycles. The quantitative estimate of drug-likeness (QED) is 0.369. The summed E-state index contributed by atoms with van der Waals surface area (Å²) < 4.78 is 8.55. The van der Waals surface area contributed by atoms with E-state index in [9.17, 15) is 0 Å². The smallest absolute Gasteiger partial charge is 0.161 e. The fraction of sp³-hybridized carbons (Fsp3) is 1.00. The lowest BCUT2D eigenvalue weighted by molar-refractivity contribution is -0.432. The lowest BCUT2D eigenvalue weighted by atomic mass is 11.6. The predicted molar refractivity (Wildman–Crippen MR) is 42.9 cm³/mol. The first-order chi connectivity index (χ1) is 6.24. The molecule has 8 nitrogen and oxygen atoms in total. The van der Waals surface area contributed by atoms with Crippen LogP contribution in [0.5, 0.6) is 0 Å². The molecule has 0 rings (SSSR count). The maximum absolute atomic E-state index is 8.55. The van der Waals surface area contributed by atoms with Gasteiger partial charge in [-0.3, -0.25) is 0 Å². The molecule has 0 aliphatic rings. The minimum absolute atomic E-state index is 0. The van der Waals surface area contributed by atoms with Crippen LogP contribution in [0.1, 0.15) is 0 Å². The number of rotatable bonds is 4. The topological polar surface area (TPSA) is 167 Å². The van der Waals surface area contributed by atoms with E-state index in [0.29, 0.717) is 0 Å². The van der Waals surface area contributed by atoms with Crippen LogP contribution in [0, 0.1) is 0 Å². The van der Waals surface area contributed by atoms with Crippen LogP contribution in [0.2, 0.25) is 0 Å².